The van der Waals surface area contributed by atoms with E-state index in [0.717, 1.165) is 49.1 Å². The Bertz CT molecular complexity index is 2920. The maximum atomic E-state index is 12.6. The number of hydrogen-bond acceptors (Lipinski definition) is 13. The van der Waals surface area contributed by atoms with Gasteiger partial charge in [0.2, 0.25) is 22.7 Å². The molecule has 0 spiro atoms. The van der Waals surface area contributed by atoms with Gasteiger partial charge in [-0.2, -0.15) is 27.9 Å². The van der Waals surface area contributed by atoms with Crippen molar-refractivity contribution in [1.29, 1.82) is 0 Å². The molecule has 3 saturated heterocycles. The third kappa shape index (κ3) is 33.4. The number of piperazine rings is 3. The molecular weight excluding hydrogens is 1330 g/mol. The average molecular weight is 1420 g/mol. The third-order valence-corrected chi connectivity index (χ3v) is 13.3. The summed E-state index contributed by atoms with van der Waals surface area (Å²) in [6.07, 6.45) is -0.476. The third-order valence-electron chi connectivity index (χ3n) is 12.3. The Morgan fingerprint density at radius 3 is 1.28 bits per heavy atom. The largest absolute Gasteiger partial charge is 1.00 e. The molecule has 482 valence electrons. The minimum absolute atomic E-state index is 0. The van der Waals surface area contributed by atoms with Gasteiger partial charge in [0.1, 0.15) is 34.3 Å². The topological polar surface area (TPSA) is 188 Å². The van der Waals surface area contributed by atoms with Gasteiger partial charge in [0.25, 0.3) is 0 Å². The second kappa shape index (κ2) is 46.2. The minimum Gasteiger partial charge on any atom is -0.870 e. The van der Waals surface area contributed by atoms with E-state index in [4.69, 9.17) is 55.1 Å². The molecule has 6 atom stereocenters. The van der Waals surface area contributed by atoms with E-state index in [1.807, 2.05) is 91.8 Å². The van der Waals surface area contributed by atoms with Crippen molar-refractivity contribution in [3.8, 4) is 17.2 Å². The fourth-order valence-corrected chi connectivity index (χ4v) is 8.90. The van der Waals surface area contributed by atoms with Gasteiger partial charge in [-0.05, 0) is 119 Å². The molecule has 0 bridgehead atoms. The molecule has 3 aliphatic heterocycles. The van der Waals surface area contributed by atoms with Gasteiger partial charge >= 0.3 is 93.1 Å². The fraction of sp³-hybridized carbons (Fsp3) is 0.516. The van der Waals surface area contributed by atoms with E-state index in [0.29, 0.717) is 70.0 Å². The van der Waals surface area contributed by atoms with E-state index < -0.39 is 17.0 Å². The van der Waals surface area contributed by atoms with Crippen LogP contribution < -0.4 is 121 Å². The summed E-state index contributed by atoms with van der Waals surface area (Å²) in [7, 11) is 5.48. The van der Waals surface area contributed by atoms with Crippen LogP contribution in [-0.4, -0.2) is 143 Å². The number of benzene rings is 4. The van der Waals surface area contributed by atoms with Gasteiger partial charge in [-0.1, -0.05) is 68.3 Å². The number of ether oxygens (including phenoxy) is 5. The number of rotatable bonds is 5. The normalized spacial score (nSPS) is 17.8. The van der Waals surface area contributed by atoms with Gasteiger partial charge in [-0.15, -0.1) is 12.4 Å². The number of nitrogens with zero attached hydrogens (tertiary/aromatic N) is 8. The Kier molecular flexibility index (Phi) is 47.4. The van der Waals surface area contributed by atoms with Crippen LogP contribution in [0.15, 0.2) is 81.7 Å². The number of hydrogen-bond donors (Lipinski definition) is 2. The van der Waals surface area contributed by atoms with E-state index >= 15 is 0 Å². The maximum absolute atomic E-state index is 12.6. The van der Waals surface area contributed by atoms with E-state index in [1.54, 1.807) is 55.4 Å². The molecule has 7 rings (SSSR count). The van der Waals surface area contributed by atoms with E-state index in [1.165, 1.54) is 18.1 Å². The number of anilines is 2. The summed E-state index contributed by atoms with van der Waals surface area (Å²) in [6, 6.07) is 22.7. The van der Waals surface area contributed by atoms with Crippen LogP contribution in [0.4, 0.5) is 48.1 Å². The molecule has 3 aliphatic rings. The first-order valence-electron chi connectivity index (χ1n) is 27.7. The van der Waals surface area contributed by atoms with Gasteiger partial charge in [-0.25, -0.2) is 33.4 Å². The van der Waals surface area contributed by atoms with E-state index in [-0.39, 0.29) is 135 Å². The summed E-state index contributed by atoms with van der Waals surface area (Å²) in [6.45, 7) is 62.5. The van der Waals surface area contributed by atoms with Gasteiger partial charge in [0, 0.05) is 95.8 Å². The number of methoxy groups -OCH3 is 3. The molecule has 2 amide bonds. The summed E-state index contributed by atoms with van der Waals surface area (Å²) < 4.78 is 40.6. The number of nitrogens with one attached hydrogen (secondary N) is 2. The molecule has 0 aromatic heterocycles. The summed E-state index contributed by atoms with van der Waals surface area (Å²) in [4.78, 5) is 45.6. The number of amides is 2. The molecule has 89 heavy (non-hydrogen) atoms. The quantitative estimate of drug-likeness (QED) is 0.142. The molecule has 3 N–H and O–H groups in total. The molecule has 0 aliphatic carbocycles. The monoisotopic (exact) mass is 1420 g/mol. The molecule has 4 aromatic carbocycles. The average Bonchev–Trinajstić information content (AvgIpc) is 2.33. The van der Waals surface area contributed by atoms with Gasteiger partial charge < -0.3 is 70.4 Å². The van der Waals surface area contributed by atoms with Crippen molar-refractivity contribution in [2.45, 2.75) is 151 Å². The second-order valence-corrected chi connectivity index (χ2v) is 24.5. The second-order valence-electron chi connectivity index (χ2n) is 22.7. The van der Waals surface area contributed by atoms with Crippen molar-refractivity contribution < 1.29 is 129 Å². The van der Waals surface area contributed by atoms with E-state index in [9.17, 15) is 14.0 Å². The van der Waals surface area contributed by atoms with Gasteiger partial charge in [0.15, 0.2) is 0 Å². The van der Waals surface area contributed by atoms with Gasteiger partial charge in [-0.3, -0.25) is 0 Å². The Labute approximate surface area is 618 Å². The summed E-state index contributed by atoms with van der Waals surface area (Å²) in [5.74, 6) is 2.77. The van der Waals surface area contributed by atoms with E-state index in [2.05, 4.69) is 120 Å². The first-order valence-corrected chi connectivity index (χ1v) is 29.3. The minimum atomic E-state index is -0.500. The number of halogens is 4. The Balaban J connectivity index is -0.000000506. The molecule has 3 heterocycles. The molecular formula is C64H91Br2ClFKN10NaO9-. The summed E-state index contributed by atoms with van der Waals surface area (Å²) in [5, 5.41) is 15.0. The van der Waals surface area contributed by atoms with Crippen molar-refractivity contribution >= 4 is 90.6 Å². The fourth-order valence-electron chi connectivity index (χ4n) is 8.23. The molecule has 0 radical (unpaired) electrons. The van der Waals surface area contributed by atoms with Crippen LogP contribution in [-0.2, 0) is 9.47 Å². The van der Waals surface area contributed by atoms with Crippen molar-refractivity contribution in [3.63, 3.8) is 0 Å². The Morgan fingerprint density at radius 1 is 0.562 bits per heavy atom. The van der Waals surface area contributed by atoms with Crippen LogP contribution in [0.3, 0.4) is 0 Å². The standard InChI is InChI=1S/C19H27N3O3.C14H19N3O.C11H22N2O2.C8H6BrNO.C7H3BrFN.C4H9.CH3O.ClH.K.Na.H2O/c1-13-12-22(18(23)25-19(3,4)5)14(2)11-21(13)15-8-9-16(20-6)17(10-15)24-7;1-10-9-17(11(2)8-16-10)12-5-6-13(15-3)14(7-12)18-4;1-8-7-13(9(2)6-12-8)10(14)15-11(3,4)5;1-10-7-4-3-6(9)5-8(7)11-2;1-10-7-3-2-5(8)4-6(7)9;1-4(2)3;1-2;;;;/h8-10,13-14H,11-12H2,1-5,7H3;5-7,10-11,16H,8-9H2,1-2,4H3;8-9,12H,6-7H2,1-5H3;3-5H,2H3;2-4H;1-3H3;1H3;1H;;;1H2/q;;;;;2*-1;;2*+1;/p-1/t13-,14+;10-,11+;8-,9+;;;;;;;;/m010......../s1. The molecule has 3 fully saturated rings. The Morgan fingerprint density at radius 2 is 0.899 bits per heavy atom. The van der Waals surface area contributed by atoms with Crippen molar-refractivity contribution in [1.82, 2.24) is 20.4 Å². The van der Waals surface area contributed by atoms with Crippen molar-refractivity contribution in [2.75, 3.05) is 77.5 Å². The zero-order valence-corrected chi connectivity index (χ0v) is 65.1. The summed E-state index contributed by atoms with van der Waals surface area (Å²) >= 11 is 6.37. The molecule has 0 unspecified atom stereocenters. The van der Waals surface area contributed by atoms with Crippen LogP contribution >= 0.6 is 44.3 Å². The smallest absolute Gasteiger partial charge is 0.870 e. The summed E-state index contributed by atoms with van der Waals surface area (Å²) in [5.41, 5.74) is 2.87. The molecule has 0 saturated carbocycles. The van der Waals surface area contributed by atoms with Gasteiger partial charge in [0.05, 0.1) is 47.6 Å². The SMILES string of the molecule is C[C-](C)C.C[C@@H]1CN[C@@H](C)CN1C(=O)OC(C)(C)C.C[O-].Cl.[C-]#[N+]c1ccc(Br)cc1F.[C-]#[N+]c1ccc(Br)cc1OC.[C-]#[N+]c1ccc(N2C[C@@H](C)N(C(=O)OC(C)(C)C)C[C@@H]2C)cc1OC.[C-]#[N+]c1ccc(N2C[C@@H](C)NC[C@@H]2C)cc1OC.[K+].[Na+].[OH-]. The maximum Gasteiger partial charge on any atom is 1.00 e. The molecule has 19 nitrogen and oxygen atoms in total. The predicted molar refractivity (Wildman–Crippen MR) is 355 cm³/mol. The predicted octanol–water partition coefficient (Wildman–Crippen LogP) is 9.11. The first kappa shape index (κ1) is 91.4. The Hall–Kier alpha value is -3.96. The number of carbonyl (C=O) groups is 2. The van der Waals surface area contributed by atoms with Crippen molar-refractivity contribution in [2.24, 2.45) is 0 Å². The van der Waals surface area contributed by atoms with Crippen LogP contribution in [0, 0.1) is 38.0 Å². The molecule has 25 heteroatoms. The van der Waals surface area contributed by atoms with Crippen LogP contribution in [0.25, 0.3) is 19.4 Å². The first-order chi connectivity index (χ1) is 39.8. The molecule has 4 aromatic rings. The van der Waals surface area contributed by atoms with Crippen LogP contribution in [0.5, 0.6) is 17.2 Å². The van der Waals surface area contributed by atoms with Crippen molar-refractivity contribution in [3.05, 3.63) is 139 Å². The zero-order valence-electron chi connectivity index (χ0n) is 56.0. The number of carbonyl (C=O) groups excluding carboxylic acids is 2. The zero-order chi connectivity index (χ0) is 64.9. The van der Waals surface area contributed by atoms with Crippen LogP contribution in [0.1, 0.15) is 104 Å². The van der Waals surface area contributed by atoms with Crippen LogP contribution in [0.2, 0.25) is 0 Å².